The zero-order valence-electron chi connectivity index (χ0n) is 20.3. The van der Waals surface area contributed by atoms with Crippen LogP contribution >= 0.6 is 0 Å². The second-order valence-corrected chi connectivity index (χ2v) is 9.55. The topological polar surface area (TPSA) is 99.1 Å². The van der Waals surface area contributed by atoms with Gasteiger partial charge in [-0.1, -0.05) is 13.8 Å². The lowest BCUT2D eigenvalue weighted by atomic mass is 10.1. The van der Waals surface area contributed by atoms with Crippen molar-refractivity contribution in [3.63, 3.8) is 0 Å². The largest absolute Gasteiger partial charge is 0.493 e. The maximum Gasteiger partial charge on any atom is 0.268 e. The smallest absolute Gasteiger partial charge is 0.268 e. The van der Waals surface area contributed by atoms with Gasteiger partial charge in [-0.25, -0.2) is 8.42 Å². The summed E-state index contributed by atoms with van der Waals surface area (Å²) >= 11 is 0. The number of aryl methyl sites for hydroxylation is 1. The highest BCUT2D eigenvalue weighted by Crippen LogP contribution is 2.38. The standard InChI is InChI=1S/C24H31N3O6S/c1-7-27(8-2)34(29,30)18-9-10-19-17(13-18)14-20(26(19)3)24(28)25-15-16-11-21(31-4)23(33-6)22(12-16)32-5/h9-14H,7-8,15H2,1-6H3,(H,25,28). The van der Waals surface area contributed by atoms with Crippen LogP contribution in [0.4, 0.5) is 0 Å². The Balaban J connectivity index is 1.87. The summed E-state index contributed by atoms with van der Waals surface area (Å²) in [5.74, 6) is 1.18. The quantitative estimate of drug-likeness (QED) is 0.470. The third kappa shape index (κ3) is 4.69. The van der Waals surface area contributed by atoms with E-state index in [1.54, 1.807) is 61.9 Å². The fourth-order valence-electron chi connectivity index (χ4n) is 3.93. The summed E-state index contributed by atoms with van der Waals surface area (Å²) in [6.07, 6.45) is 0. The molecule has 1 aromatic heterocycles. The maximum absolute atomic E-state index is 13.0. The second kappa shape index (κ2) is 10.4. The fraction of sp³-hybridized carbons (Fsp3) is 0.375. The fourth-order valence-corrected chi connectivity index (χ4v) is 5.42. The molecule has 2 aromatic carbocycles. The summed E-state index contributed by atoms with van der Waals surface area (Å²) in [5.41, 5.74) is 1.95. The predicted octanol–water partition coefficient (Wildman–Crippen LogP) is 3.16. The van der Waals surface area contributed by atoms with Crippen LogP contribution in [0.2, 0.25) is 0 Å². The Labute approximate surface area is 200 Å². The van der Waals surface area contributed by atoms with Crippen molar-refractivity contribution in [1.82, 2.24) is 14.2 Å². The number of hydrogen-bond acceptors (Lipinski definition) is 6. The van der Waals surface area contributed by atoms with E-state index in [1.165, 1.54) is 25.6 Å². The number of nitrogens with one attached hydrogen (secondary N) is 1. The Hall–Kier alpha value is -3.24. The van der Waals surface area contributed by atoms with Crippen LogP contribution in [0.5, 0.6) is 17.2 Å². The van der Waals surface area contributed by atoms with Gasteiger partial charge in [0.05, 0.1) is 26.2 Å². The molecule has 34 heavy (non-hydrogen) atoms. The molecule has 0 aliphatic rings. The molecule has 1 amide bonds. The minimum Gasteiger partial charge on any atom is -0.493 e. The van der Waals surface area contributed by atoms with Crippen LogP contribution in [-0.4, -0.2) is 57.6 Å². The highest BCUT2D eigenvalue weighted by atomic mass is 32.2. The molecule has 0 bridgehead atoms. The molecule has 3 rings (SSSR count). The average Bonchev–Trinajstić information content (AvgIpc) is 3.18. The number of sulfonamides is 1. The Morgan fingerprint density at radius 3 is 2.12 bits per heavy atom. The molecule has 9 nitrogen and oxygen atoms in total. The number of carbonyl (C=O) groups excluding carboxylic acids is 1. The summed E-state index contributed by atoms with van der Waals surface area (Å²) in [5, 5.41) is 3.58. The van der Waals surface area contributed by atoms with Crippen LogP contribution in [0.3, 0.4) is 0 Å². The molecule has 184 valence electrons. The highest BCUT2D eigenvalue weighted by molar-refractivity contribution is 7.89. The van der Waals surface area contributed by atoms with Crippen molar-refractivity contribution < 1.29 is 27.4 Å². The van der Waals surface area contributed by atoms with Gasteiger partial charge in [0.15, 0.2) is 11.5 Å². The molecular formula is C24H31N3O6S. The van der Waals surface area contributed by atoms with Gasteiger partial charge >= 0.3 is 0 Å². The van der Waals surface area contributed by atoms with E-state index >= 15 is 0 Å². The molecule has 1 heterocycles. The number of amides is 1. The third-order valence-electron chi connectivity index (χ3n) is 5.77. The molecule has 0 unspecified atom stereocenters. The Kier molecular flexibility index (Phi) is 7.73. The number of carbonyl (C=O) groups is 1. The number of methoxy groups -OCH3 is 3. The molecule has 0 aliphatic carbocycles. The number of rotatable bonds is 10. The lowest BCUT2D eigenvalue weighted by molar-refractivity contribution is 0.0943. The van der Waals surface area contributed by atoms with Gasteiger partial charge in [0.1, 0.15) is 5.69 Å². The van der Waals surface area contributed by atoms with Crippen LogP contribution in [-0.2, 0) is 23.6 Å². The van der Waals surface area contributed by atoms with Crippen molar-refractivity contribution in [3.05, 3.63) is 47.7 Å². The van der Waals surface area contributed by atoms with Crippen molar-refractivity contribution in [2.75, 3.05) is 34.4 Å². The first-order valence-corrected chi connectivity index (χ1v) is 12.3. The van der Waals surface area contributed by atoms with Crippen molar-refractivity contribution in [1.29, 1.82) is 0 Å². The second-order valence-electron chi connectivity index (χ2n) is 7.61. The maximum atomic E-state index is 13.0. The minimum absolute atomic E-state index is 0.207. The Morgan fingerprint density at radius 1 is 0.971 bits per heavy atom. The van der Waals surface area contributed by atoms with E-state index in [9.17, 15) is 13.2 Å². The lowest BCUT2D eigenvalue weighted by Crippen LogP contribution is -2.30. The summed E-state index contributed by atoms with van der Waals surface area (Å²) in [6.45, 7) is 4.62. The molecule has 0 saturated heterocycles. The molecule has 0 atom stereocenters. The van der Waals surface area contributed by atoms with Gasteiger partial charge in [-0.15, -0.1) is 0 Å². The molecule has 0 radical (unpaired) electrons. The monoisotopic (exact) mass is 489 g/mol. The van der Waals surface area contributed by atoms with Crippen LogP contribution < -0.4 is 19.5 Å². The first-order valence-electron chi connectivity index (χ1n) is 10.9. The van der Waals surface area contributed by atoms with Gasteiger partial charge in [-0.2, -0.15) is 4.31 Å². The van der Waals surface area contributed by atoms with Crippen molar-refractivity contribution >= 4 is 26.8 Å². The first-order chi connectivity index (χ1) is 16.2. The highest BCUT2D eigenvalue weighted by Gasteiger charge is 2.23. The number of aromatic nitrogens is 1. The summed E-state index contributed by atoms with van der Waals surface area (Å²) < 4.78 is 45.0. The van der Waals surface area contributed by atoms with Crippen LogP contribution in [0, 0.1) is 0 Å². The number of hydrogen-bond donors (Lipinski definition) is 1. The van der Waals surface area contributed by atoms with E-state index in [1.807, 2.05) is 0 Å². The molecule has 10 heteroatoms. The number of nitrogens with zero attached hydrogens (tertiary/aromatic N) is 2. The van der Waals surface area contributed by atoms with E-state index in [-0.39, 0.29) is 17.3 Å². The van der Waals surface area contributed by atoms with Crippen molar-refractivity contribution in [3.8, 4) is 17.2 Å². The van der Waals surface area contributed by atoms with Gasteiger partial charge in [0.2, 0.25) is 15.8 Å². The van der Waals surface area contributed by atoms with E-state index in [0.29, 0.717) is 41.4 Å². The van der Waals surface area contributed by atoms with Gasteiger partial charge in [-0.3, -0.25) is 4.79 Å². The minimum atomic E-state index is -3.59. The Bertz CT molecular complexity index is 1270. The zero-order chi connectivity index (χ0) is 25.0. The predicted molar refractivity (Wildman–Crippen MR) is 130 cm³/mol. The van der Waals surface area contributed by atoms with E-state index in [4.69, 9.17) is 14.2 Å². The van der Waals surface area contributed by atoms with Crippen LogP contribution in [0.25, 0.3) is 10.9 Å². The Morgan fingerprint density at radius 2 is 1.59 bits per heavy atom. The van der Waals surface area contributed by atoms with E-state index < -0.39 is 10.0 Å². The van der Waals surface area contributed by atoms with Gasteiger partial charge < -0.3 is 24.1 Å². The molecule has 0 saturated carbocycles. The average molecular weight is 490 g/mol. The molecular weight excluding hydrogens is 458 g/mol. The van der Waals surface area contributed by atoms with Crippen LogP contribution in [0.15, 0.2) is 41.3 Å². The number of benzene rings is 2. The third-order valence-corrected chi connectivity index (χ3v) is 7.81. The molecule has 0 fully saturated rings. The van der Waals surface area contributed by atoms with Crippen molar-refractivity contribution in [2.24, 2.45) is 7.05 Å². The zero-order valence-corrected chi connectivity index (χ0v) is 21.2. The van der Waals surface area contributed by atoms with Gasteiger partial charge in [0, 0.05) is 37.6 Å². The van der Waals surface area contributed by atoms with E-state index in [2.05, 4.69) is 5.32 Å². The summed E-state index contributed by atoms with van der Waals surface area (Å²) in [4.78, 5) is 13.2. The molecule has 1 N–H and O–H groups in total. The van der Waals surface area contributed by atoms with Crippen molar-refractivity contribution in [2.45, 2.75) is 25.3 Å². The molecule has 0 spiro atoms. The number of fused-ring (bicyclic) bond motifs is 1. The summed E-state index contributed by atoms with van der Waals surface area (Å²) in [7, 11) is 2.77. The lowest BCUT2D eigenvalue weighted by Gasteiger charge is -2.18. The normalized spacial score (nSPS) is 11.6. The van der Waals surface area contributed by atoms with Gasteiger partial charge in [-0.05, 0) is 42.0 Å². The molecule has 3 aromatic rings. The SMILES string of the molecule is CCN(CC)S(=O)(=O)c1ccc2c(c1)cc(C(=O)NCc1cc(OC)c(OC)c(OC)c1)n2C. The summed E-state index contributed by atoms with van der Waals surface area (Å²) in [6, 6.07) is 10.1. The first kappa shape index (κ1) is 25.4. The molecule has 0 aliphatic heterocycles. The number of ether oxygens (including phenoxy) is 3. The van der Waals surface area contributed by atoms with Crippen LogP contribution in [0.1, 0.15) is 29.9 Å². The van der Waals surface area contributed by atoms with Gasteiger partial charge in [0.25, 0.3) is 5.91 Å². The van der Waals surface area contributed by atoms with E-state index in [0.717, 1.165) is 11.1 Å².